The molecule has 1 atom stereocenters. The predicted molar refractivity (Wildman–Crippen MR) is 107 cm³/mol. The van der Waals surface area contributed by atoms with E-state index in [0.29, 0.717) is 28.4 Å². The van der Waals surface area contributed by atoms with Gasteiger partial charge in [0.2, 0.25) is 0 Å². The molecule has 136 valence electrons. The summed E-state index contributed by atoms with van der Waals surface area (Å²) in [6.07, 6.45) is 2.58. The zero-order valence-electron chi connectivity index (χ0n) is 14.6. The van der Waals surface area contributed by atoms with E-state index in [4.69, 9.17) is 11.6 Å². The molecule has 0 N–H and O–H groups in total. The number of halogens is 1. The van der Waals surface area contributed by atoms with E-state index in [1.54, 1.807) is 36.0 Å². The normalized spacial score (nSPS) is 14.7. The first-order valence-electron chi connectivity index (χ1n) is 8.50. The largest absolute Gasteiger partial charge is 0.269 e. The molecular formula is C20H16ClN3O2S. The quantitative estimate of drug-likeness (QED) is 0.598. The zero-order chi connectivity index (χ0) is 19.0. The highest BCUT2D eigenvalue weighted by molar-refractivity contribution is 7.98. The average molecular weight is 398 g/mol. The highest BCUT2D eigenvalue weighted by Gasteiger charge is 2.41. The van der Waals surface area contributed by atoms with Crippen molar-refractivity contribution in [3.8, 4) is 0 Å². The molecule has 1 aliphatic heterocycles. The maximum absolute atomic E-state index is 13.0. The van der Waals surface area contributed by atoms with Crippen molar-refractivity contribution in [2.24, 2.45) is 0 Å². The summed E-state index contributed by atoms with van der Waals surface area (Å²) in [5, 5.41) is 10.2. The molecule has 0 aliphatic carbocycles. The van der Waals surface area contributed by atoms with Gasteiger partial charge in [0.1, 0.15) is 0 Å². The number of carbonyl (C=O) groups excluding carboxylic acids is 2. The number of hydrogen-bond donors (Lipinski definition) is 0. The molecular weight excluding hydrogens is 382 g/mol. The molecule has 5 nitrogen and oxygen atoms in total. The SMILES string of the molecule is CSCCC(c1nnc(Cl)c2ccccc12)N1C(=O)c2ccccc2C1=O. The number of fused-ring (bicyclic) bond motifs is 2. The molecule has 1 aromatic heterocycles. The standard InChI is InChI=1S/C20H16ClN3O2S/c1-27-11-10-16(17-12-6-2-3-7-13(12)18(21)23-22-17)24-19(25)14-8-4-5-9-15(14)20(24)26/h2-9,16H,10-11H2,1H3. The molecule has 7 heteroatoms. The van der Waals surface area contributed by atoms with Gasteiger partial charge in [0.15, 0.2) is 5.15 Å². The summed E-state index contributed by atoms with van der Waals surface area (Å²) in [6.45, 7) is 0. The Morgan fingerprint density at radius 2 is 1.56 bits per heavy atom. The number of rotatable bonds is 5. The minimum atomic E-state index is -0.500. The van der Waals surface area contributed by atoms with E-state index >= 15 is 0 Å². The maximum atomic E-state index is 13.0. The van der Waals surface area contributed by atoms with Crippen molar-refractivity contribution in [3.63, 3.8) is 0 Å². The first-order chi connectivity index (χ1) is 13.1. The van der Waals surface area contributed by atoms with Gasteiger partial charge in [0.05, 0.1) is 22.9 Å². The Morgan fingerprint density at radius 3 is 2.19 bits per heavy atom. The molecule has 4 rings (SSSR count). The smallest absolute Gasteiger partial charge is 0.262 e. The Kier molecular flexibility index (Phi) is 4.85. The van der Waals surface area contributed by atoms with Crippen LogP contribution in [0, 0.1) is 0 Å². The van der Waals surface area contributed by atoms with Crippen molar-refractivity contribution in [2.45, 2.75) is 12.5 Å². The van der Waals surface area contributed by atoms with Crippen LogP contribution in [0.4, 0.5) is 0 Å². The van der Waals surface area contributed by atoms with Crippen LogP contribution in [-0.2, 0) is 0 Å². The molecule has 0 bridgehead atoms. The van der Waals surface area contributed by atoms with Gasteiger partial charge in [0, 0.05) is 10.8 Å². The van der Waals surface area contributed by atoms with Gasteiger partial charge >= 0.3 is 0 Å². The van der Waals surface area contributed by atoms with Gasteiger partial charge in [-0.05, 0) is 30.6 Å². The topological polar surface area (TPSA) is 63.2 Å². The second-order valence-corrected chi connectivity index (χ2v) is 7.59. The van der Waals surface area contributed by atoms with E-state index in [9.17, 15) is 9.59 Å². The summed E-state index contributed by atoms with van der Waals surface area (Å²) in [4.78, 5) is 27.3. The highest BCUT2D eigenvalue weighted by atomic mass is 35.5. The van der Waals surface area contributed by atoms with E-state index in [1.807, 2.05) is 30.5 Å². The summed E-state index contributed by atoms with van der Waals surface area (Å²) in [7, 11) is 0. The molecule has 0 spiro atoms. The third-order valence-corrected chi connectivity index (χ3v) is 5.64. The highest BCUT2D eigenvalue weighted by Crippen LogP contribution is 2.36. The number of imide groups is 1. The van der Waals surface area contributed by atoms with Crippen LogP contribution >= 0.6 is 23.4 Å². The van der Waals surface area contributed by atoms with Gasteiger partial charge in [-0.15, -0.1) is 5.10 Å². The van der Waals surface area contributed by atoms with E-state index in [1.165, 1.54) is 4.90 Å². The maximum Gasteiger partial charge on any atom is 0.262 e. The van der Waals surface area contributed by atoms with Crippen LogP contribution in [0.5, 0.6) is 0 Å². The summed E-state index contributed by atoms with van der Waals surface area (Å²) < 4.78 is 0. The lowest BCUT2D eigenvalue weighted by Gasteiger charge is -2.26. The fourth-order valence-corrected chi connectivity index (χ4v) is 4.11. The fourth-order valence-electron chi connectivity index (χ4n) is 3.45. The molecule has 0 saturated heterocycles. The van der Waals surface area contributed by atoms with Crippen LogP contribution < -0.4 is 0 Å². The second kappa shape index (κ2) is 7.29. The zero-order valence-corrected chi connectivity index (χ0v) is 16.1. The van der Waals surface area contributed by atoms with Crippen molar-refractivity contribution in [1.29, 1.82) is 0 Å². The third-order valence-electron chi connectivity index (χ3n) is 4.72. The van der Waals surface area contributed by atoms with E-state index in [0.717, 1.165) is 16.5 Å². The minimum absolute atomic E-state index is 0.289. The number of amides is 2. The third kappa shape index (κ3) is 2.99. The number of hydrogen-bond acceptors (Lipinski definition) is 5. The van der Waals surface area contributed by atoms with Gasteiger partial charge < -0.3 is 0 Å². The monoisotopic (exact) mass is 397 g/mol. The number of benzene rings is 2. The number of carbonyl (C=O) groups is 2. The first kappa shape index (κ1) is 17.9. The Bertz CT molecular complexity index is 1020. The average Bonchev–Trinajstić information content (AvgIpc) is 2.95. The molecule has 0 fully saturated rings. The van der Waals surface area contributed by atoms with E-state index in [2.05, 4.69) is 10.2 Å². The Hall–Kier alpha value is -2.44. The van der Waals surface area contributed by atoms with Gasteiger partial charge in [-0.25, -0.2) is 0 Å². The molecule has 3 aromatic rings. The number of aromatic nitrogens is 2. The van der Waals surface area contributed by atoms with E-state index in [-0.39, 0.29) is 11.8 Å². The molecule has 1 unspecified atom stereocenters. The van der Waals surface area contributed by atoms with Gasteiger partial charge in [-0.1, -0.05) is 48.0 Å². The van der Waals surface area contributed by atoms with Crippen LogP contribution in [0.3, 0.4) is 0 Å². The second-order valence-electron chi connectivity index (χ2n) is 6.24. The van der Waals surface area contributed by atoms with Gasteiger partial charge in [-0.3, -0.25) is 14.5 Å². The summed E-state index contributed by atoms with van der Waals surface area (Å²) in [6, 6.07) is 13.9. The lowest BCUT2D eigenvalue weighted by atomic mass is 10.0. The molecule has 2 heterocycles. The molecule has 1 aliphatic rings. The number of nitrogens with zero attached hydrogens (tertiary/aromatic N) is 3. The van der Waals surface area contributed by atoms with Crippen molar-refractivity contribution >= 4 is 45.9 Å². The van der Waals surface area contributed by atoms with Crippen LogP contribution in [0.2, 0.25) is 5.15 Å². The van der Waals surface area contributed by atoms with Crippen LogP contribution in [-0.4, -0.2) is 38.9 Å². The minimum Gasteiger partial charge on any atom is -0.269 e. The number of thioether (sulfide) groups is 1. The molecule has 2 aromatic carbocycles. The van der Waals surface area contributed by atoms with Crippen LogP contribution in [0.15, 0.2) is 48.5 Å². The van der Waals surface area contributed by atoms with Crippen LogP contribution in [0.25, 0.3) is 10.8 Å². The molecule has 27 heavy (non-hydrogen) atoms. The van der Waals surface area contributed by atoms with Crippen molar-refractivity contribution in [2.75, 3.05) is 12.0 Å². The lowest BCUT2D eigenvalue weighted by Crippen LogP contribution is -2.35. The first-order valence-corrected chi connectivity index (χ1v) is 10.3. The predicted octanol–water partition coefficient (Wildman–Crippen LogP) is 4.37. The Morgan fingerprint density at radius 1 is 0.963 bits per heavy atom. The van der Waals surface area contributed by atoms with E-state index < -0.39 is 6.04 Å². The van der Waals surface area contributed by atoms with Crippen molar-refractivity contribution in [1.82, 2.24) is 15.1 Å². The van der Waals surface area contributed by atoms with Gasteiger partial charge in [-0.2, -0.15) is 16.9 Å². The Labute approximate surface area is 165 Å². The summed E-state index contributed by atoms with van der Waals surface area (Å²) >= 11 is 7.86. The molecule has 2 amide bonds. The lowest BCUT2D eigenvalue weighted by molar-refractivity contribution is 0.0576. The van der Waals surface area contributed by atoms with Crippen LogP contribution in [0.1, 0.15) is 38.9 Å². The van der Waals surface area contributed by atoms with Crippen molar-refractivity contribution < 1.29 is 9.59 Å². The fraction of sp³-hybridized carbons (Fsp3) is 0.200. The summed E-state index contributed by atoms with van der Waals surface area (Å²) in [5.41, 5.74) is 1.46. The molecule has 0 saturated carbocycles. The molecule has 0 radical (unpaired) electrons. The Balaban J connectivity index is 1.86. The van der Waals surface area contributed by atoms with Crippen molar-refractivity contribution in [3.05, 3.63) is 70.5 Å². The van der Waals surface area contributed by atoms with Gasteiger partial charge in [0.25, 0.3) is 11.8 Å². The summed E-state index contributed by atoms with van der Waals surface area (Å²) in [5.74, 6) is 0.196.